The van der Waals surface area contributed by atoms with Crippen molar-refractivity contribution in [1.82, 2.24) is 14.5 Å². The molecular weight excluding hydrogens is 300 g/mol. The molecule has 1 saturated carbocycles. The van der Waals surface area contributed by atoms with Crippen LogP contribution in [0.1, 0.15) is 31.5 Å². The van der Waals surface area contributed by atoms with Crippen molar-refractivity contribution in [3.8, 4) is 0 Å². The van der Waals surface area contributed by atoms with Crippen LogP contribution in [-0.4, -0.2) is 32.9 Å². The first-order valence-corrected chi connectivity index (χ1v) is 8.05. The van der Waals surface area contributed by atoms with E-state index in [9.17, 15) is 4.79 Å². The van der Waals surface area contributed by atoms with Crippen molar-refractivity contribution in [3.63, 3.8) is 0 Å². The average Bonchev–Trinajstić information content (AvgIpc) is 3.07. The molecule has 1 aromatic heterocycles. The lowest BCUT2D eigenvalue weighted by atomic mass is 10.2. The Morgan fingerprint density at radius 2 is 2.18 bits per heavy atom. The SMILES string of the molecule is Cn1c(CN(CC(N)=O)C2CCCC2)nc2cc(Cl)ccc21. The predicted molar refractivity (Wildman–Crippen MR) is 87.6 cm³/mol. The highest BCUT2D eigenvalue weighted by atomic mass is 35.5. The van der Waals surface area contributed by atoms with E-state index in [2.05, 4.69) is 14.5 Å². The van der Waals surface area contributed by atoms with Crippen LogP contribution in [0.15, 0.2) is 18.2 Å². The van der Waals surface area contributed by atoms with E-state index in [1.54, 1.807) is 0 Å². The molecule has 0 saturated heterocycles. The summed E-state index contributed by atoms with van der Waals surface area (Å²) in [6.07, 6.45) is 4.70. The standard InChI is InChI=1S/C16H21ClN4O/c1-20-14-7-6-11(17)8-13(14)19-16(20)10-21(9-15(18)22)12-4-2-3-5-12/h6-8,12H,2-5,9-10H2,1H3,(H2,18,22). The fourth-order valence-corrected chi connectivity index (χ4v) is 3.50. The Labute approximate surface area is 135 Å². The molecule has 0 bridgehead atoms. The lowest BCUT2D eigenvalue weighted by molar-refractivity contribution is -0.119. The number of rotatable bonds is 5. The number of benzene rings is 1. The van der Waals surface area contributed by atoms with Gasteiger partial charge in [-0.3, -0.25) is 9.69 Å². The molecule has 22 heavy (non-hydrogen) atoms. The Bertz CT molecular complexity index is 691. The molecule has 1 aliphatic carbocycles. The van der Waals surface area contributed by atoms with Gasteiger partial charge in [-0.15, -0.1) is 0 Å². The first kappa shape index (κ1) is 15.3. The van der Waals surface area contributed by atoms with Gasteiger partial charge in [0, 0.05) is 18.1 Å². The average molecular weight is 321 g/mol. The number of aromatic nitrogens is 2. The molecule has 1 fully saturated rings. The maximum atomic E-state index is 11.4. The maximum absolute atomic E-state index is 11.4. The maximum Gasteiger partial charge on any atom is 0.231 e. The predicted octanol–water partition coefficient (Wildman–Crippen LogP) is 2.46. The molecule has 3 rings (SSSR count). The van der Waals surface area contributed by atoms with E-state index in [0.717, 1.165) is 29.7 Å². The number of primary amides is 1. The largest absolute Gasteiger partial charge is 0.369 e. The van der Waals surface area contributed by atoms with Crippen molar-refractivity contribution in [3.05, 3.63) is 29.0 Å². The Hall–Kier alpha value is -1.59. The lowest BCUT2D eigenvalue weighted by Crippen LogP contribution is -2.40. The molecule has 2 aromatic rings. The Balaban J connectivity index is 1.88. The number of nitrogens with two attached hydrogens (primary N) is 1. The second kappa shape index (κ2) is 6.26. The summed E-state index contributed by atoms with van der Waals surface area (Å²) < 4.78 is 2.06. The van der Waals surface area contributed by atoms with E-state index in [-0.39, 0.29) is 12.5 Å². The highest BCUT2D eigenvalue weighted by Gasteiger charge is 2.25. The second-order valence-corrected chi connectivity index (χ2v) is 6.47. The summed E-state index contributed by atoms with van der Waals surface area (Å²) in [5.74, 6) is 0.652. The van der Waals surface area contributed by atoms with Crippen molar-refractivity contribution < 1.29 is 4.79 Å². The van der Waals surface area contributed by atoms with Gasteiger partial charge in [-0.05, 0) is 31.0 Å². The highest BCUT2D eigenvalue weighted by Crippen LogP contribution is 2.26. The van der Waals surface area contributed by atoms with E-state index >= 15 is 0 Å². The van der Waals surface area contributed by atoms with E-state index in [1.165, 1.54) is 12.8 Å². The quantitative estimate of drug-likeness (QED) is 0.920. The van der Waals surface area contributed by atoms with Crippen molar-refractivity contribution >= 4 is 28.5 Å². The topological polar surface area (TPSA) is 64.2 Å². The minimum atomic E-state index is -0.284. The third kappa shape index (κ3) is 3.10. The number of fused-ring (bicyclic) bond motifs is 1. The number of amides is 1. The summed E-state index contributed by atoms with van der Waals surface area (Å²) in [5.41, 5.74) is 7.35. The van der Waals surface area contributed by atoms with Gasteiger partial charge in [0.15, 0.2) is 0 Å². The van der Waals surface area contributed by atoms with Gasteiger partial charge in [-0.2, -0.15) is 0 Å². The lowest BCUT2D eigenvalue weighted by Gasteiger charge is -2.27. The number of carbonyl (C=O) groups is 1. The number of hydrogen-bond acceptors (Lipinski definition) is 3. The van der Waals surface area contributed by atoms with E-state index in [4.69, 9.17) is 17.3 Å². The first-order chi connectivity index (χ1) is 10.5. The first-order valence-electron chi connectivity index (χ1n) is 7.68. The van der Waals surface area contributed by atoms with Gasteiger partial charge in [-0.25, -0.2) is 4.98 Å². The number of nitrogens with zero attached hydrogens (tertiary/aromatic N) is 3. The van der Waals surface area contributed by atoms with Gasteiger partial charge >= 0.3 is 0 Å². The third-order valence-corrected chi connectivity index (χ3v) is 4.72. The van der Waals surface area contributed by atoms with Crippen LogP contribution in [-0.2, 0) is 18.4 Å². The molecule has 5 nitrogen and oxygen atoms in total. The van der Waals surface area contributed by atoms with Gasteiger partial charge in [0.25, 0.3) is 0 Å². The zero-order chi connectivity index (χ0) is 15.7. The minimum absolute atomic E-state index is 0.284. The summed E-state index contributed by atoms with van der Waals surface area (Å²) in [6.45, 7) is 0.922. The summed E-state index contributed by atoms with van der Waals surface area (Å²) in [7, 11) is 2.00. The smallest absolute Gasteiger partial charge is 0.231 e. The van der Waals surface area contributed by atoms with E-state index in [0.29, 0.717) is 17.6 Å². The number of aryl methyl sites for hydroxylation is 1. The van der Waals surface area contributed by atoms with Crippen LogP contribution < -0.4 is 5.73 Å². The van der Waals surface area contributed by atoms with Crippen LogP contribution in [0.4, 0.5) is 0 Å². The van der Waals surface area contributed by atoms with Crippen LogP contribution in [0.2, 0.25) is 5.02 Å². The molecule has 1 aromatic carbocycles. The van der Waals surface area contributed by atoms with Crippen LogP contribution in [0.5, 0.6) is 0 Å². The summed E-state index contributed by atoms with van der Waals surface area (Å²) >= 11 is 6.04. The number of halogens is 1. The van der Waals surface area contributed by atoms with Crippen LogP contribution >= 0.6 is 11.6 Å². The molecule has 0 radical (unpaired) electrons. The van der Waals surface area contributed by atoms with Crippen molar-refractivity contribution in [2.24, 2.45) is 12.8 Å². The molecule has 0 spiro atoms. The van der Waals surface area contributed by atoms with Crippen molar-refractivity contribution in [2.45, 2.75) is 38.3 Å². The zero-order valence-corrected chi connectivity index (χ0v) is 13.5. The Morgan fingerprint density at radius 1 is 1.45 bits per heavy atom. The van der Waals surface area contributed by atoms with Crippen LogP contribution in [0, 0.1) is 0 Å². The van der Waals surface area contributed by atoms with Crippen LogP contribution in [0.25, 0.3) is 11.0 Å². The van der Waals surface area contributed by atoms with E-state index in [1.807, 2.05) is 25.2 Å². The van der Waals surface area contributed by atoms with Gasteiger partial charge in [0.05, 0.1) is 24.1 Å². The third-order valence-electron chi connectivity index (χ3n) is 4.48. The minimum Gasteiger partial charge on any atom is -0.369 e. The number of hydrogen-bond donors (Lipinski definition) is 1. The molecule has 1 aliphatic rings. The van der Waals surface area contributed by atoms with Gasteiger partial charge < -0.3 is 10.3 Å². The van der Waals surface area contributed by atoms with Gasteiger partial charge in [0.2, 0.25) is 5.91 Å². The second-order valence-electron chi connectivity index (χ2n) is 6.03. The molecule has 6 heteroatoms. The van der Waals surface area contributed by atoms with E-state index < -0.39 is 0 Å². The molecule has 1 amide bonds. The number of imidazole rings is 1. The summed E-state index contributed by atoms with van der Waals surface area (Å²) in [5, 5.41) is 0.682. The van der Waals surface area contributed by atoms with Gasteiger partial charge in [0.1, 0.15) is 5.82 Å². The fourth-order valence-electron chi connectivity index (χ4n) is 3.33. The summed E-state index contributed by atoms with van der Waals surface area (Å²) in [4.78, 5) is 18.2. The zero-order valence-electron chi connectivity index (χ0n) is 12.8. The molecule has 0 unspecified atom stereocenters. The highest BCUT2D eigenvalue weighted by molar-refractivity contribution is 6.31. The Kier molecular flexibility index (Phi) is 4.36. The Morgan fingerprint density at radius 3 is 2.86 bits per heavy atom. The molecular formula is C16H21ClN4O. The van der Waals surface area contributed by atoms with Crippen molar-refractivity contribution in [2.75, 3.05) is 6.54 Å². The normalized spacial score (nSPS) is 16.0. The molecule has 0 atom stereocenters. The molecule has 118 valence electrons. The molecule has 0 aliphatic heterocycles. The monoisotopic (exact) mass is 320 g/mol. The molecule has 1 heterocycles. The summed E-state index contributed by atoms with van der Waals surface area (Å²) in [6, 6.07) is 6.14. The van der Waals surface area contributed by atoms with Crippen LogP contribution in [0.3, 0.4) is 0 Å². The molecule has 2 N–H and O–H groups in total. The number of carbonyl (C=O) groups excluding carboxylic acids is 1. The van der Waals surface area contributed by atoms with Gasteiger partial charge in [-0.1, -0.05) is 24.4 Å². The van der Waals surface area contributed by atoms with Crippen molar-refractivity contribution in [1.29, 1.82) is 0 Å². The fraction of sp³-hybridized carbons (Fsp3) is 0.500.